The Balaban J connectivity index is 2.43. The van der Waals surface area contributed by atoms with Crippen LogP contribution in [0.1, 0.15) is 0 Å². The number of aromatic nitrogens is 4. The summed E-state index contributed by atoms with van der Waals surface area (Å²) < 4.78 is 0.610. The molecule has 0 unspecified atom stereocenters. The maximum absolute atomic E-state index is 5.40. The predicted octanol–water partition coefficient (Wildman–Crippen LogP) is 0.927. The lowest BCUT2D eigenvalue weighted by Gasteiger charge is -1.78. The van der Waals surface area contributed by atoms with Gasteiger partial charge in [-0.2, -0.15) is 0 Å². The SMILES string of the molecule is Nc1nnc(-c2nnc(S)s2)s1. The van der Waals surface area contributed by atoms with Crippen molar-refractivity contribution in [3.8, 4) is 10.0 Å². The van der Waals surface area contributed by atoms with Gasteiger partial charge in [-0.15, -0.1) is 33.0 Å². The fourth-order valence-corrected chi connectivity index (χ4v) is 2.13. The molecular weight excluding hydrogens is 214 g/mol. The van der Waals surface area contributed by atoms with E-state index in [-0.39, 0.29) is 0 Å². The van der Waals surface area contributed by atoms with Gasteiger partial charge < -0.3 is 5.73 Å². The van der Waals surface area contributed by atoms with Crippen LogP contribution in [0.4, 0.5) is 5.13 Å². The van der Waals surface area contributed by atoms with Crippen LogP contribution in [-0.2, 0) is 0 Å². The Kier molecular flexibility index (Phi) is 1.95. The highest BCUT2D eigenvalue weighted by atomic mass is 32.2. The van der Waals surface area contributed by atoms with Crippen LogP contribution < -0.4 is 5.73 Å². The maximum Gasteiger partial charge on any atom is 0.203 e. The Labute approximate surface area is 81.1 Å². The molecule has 0 fully saturated rings. The Morgan fingerprint density at radius 3 is 2.17 bits per heavy atom. The first kappa shape index (κ1) is 7.90. The fraction of sp³-hybridized carbons (Fsp3) is 0. The molecule has 2 aromatic heterocycles. The van der Waals surface area contributed by atoms with Crippen LogP contribution in [0.2, 0.25) is 0 Å². The van der Waals surface area contributed by atoms with Crippen LogP contribution in [0.3, 0.4) is 0 Å². The summed E-state index contributed by atoms with van der Waals surface area (Å²) >= 11 is 6.66. The molecule has 2 aromatic rings. The van der Waals surface area contributed by atoms with Gasteiger partial charge in [-0.1, -0.05) is 22.7 Å². The molecule has 12 heavy (non-hydrogen) atoms. The molecule has 0 aliphatic carbocycles. The molecule has 0 saturated heterocycles. The molecule has 0 aliphatic heterocycles. The summed E-state index contributed by atoms with van der Waals surface area (Å²) in [6.45, 7) is 0. The molecule has 8 heteroatoms. The zero-order valence-corrected chi connectivity index (χ0v) is 8.16. The van der Waals surface area contributed by atoms with Crippen LogP contribution in [-0.4, -0.2) is 20.4 Å². The smallest absolute Gasteiger partial charge is 0.203 e. The summed E-state index contributed by atoms with van der Waals surface area (Å²) in [5.41, 5.74) is 5.40. The molecule has 0 saturated carbocycles. The lowest BCUT2D eigenvalue weighted by Crippen LogP contribution is -1.80. The van der Waals surface area contributed by atoms with Gasteiger partial charge in [-0.05, 0) is 0 Å². The Bertz CT molecular complexity index is 355. The van der Waals surface area contributed by atoms with Crippen molar-refractivity contribution in [3.63, 3.8) is 0 Å². The molecule has 2 rings (SSSR count). The number of hydrogen-bond donors (Lipinski definition) is 2. The van der Waals surface area contributed by atoms with Gasteiger partial charge in [0.05, 0.1) is 0 Å². The highest BCUT2D eigenvalue weighted by Crippen LogP contribution is 2.28. The zero-order chi connectivity index (χ0) is 8.55. The molecule has 5 nitrogen and oxygen atoms in total. The molecule has 2 N–H and O–H groups in total. The van der Waals surface area contributed by atoms with Gasteiger partial charge in [-0.3, -0.25) is 0 Å². The van der Waals surface area contributed by atoms with E-state index in [1.54, 1.807) is 0 Å². The monoisotopic (exact) mass is 217 g/mol. The first-order valence-electron chi connectivity index (χ1n) is 2.87. The standard InChI is InChI=1S/C4H3N5S3/c5-3-8-6-1(11-3)2-7-9-4(10)12-2/h(H2,5,8)(H,9,10). The van der Waals surface area contributed by atoms with E-state index in [2.05, 4.69) is 33.0 Å². The average molecular weight is 217 g/mol. The summed E-state index contributed by atoms with van der Waals surface area (Å²) in [6, 6.07) is 0. The van der Waals surface area contributed by atoms with Crippen molar-refractivity contribution >= 4 is 40.4 Å². The first-order chi connectivity index (χ1) is 5.75. The zero-order valence-electron chi connectivity index (χ0n) is 5.63. The van der Waals surface area contributed by atoms with Crippen LogP contribution in [0.5, 0.6) is 0 Å². The van der Waals surface area contributed by atoms with Gasteiger partial charge in [-0.25, -0.2) is 0 Å². The van der Waals surface area contributed by atoms with Crippen molar-refractivity contribution < 1.29 is 0 Å². The average Bonchev–Trinajstić information content (AvgIpc) is 2.58. The van der Waals surface area contributed by atoms with Crippen molar-refractivity contribution in [2.45, 2.75) is 4.34 Å². The quantitative estimate of drug-likeness (QED) is 0.695. The van der Waals surface area contributed by atoms with E-state index in [1.165, 1.54) is 22.7 Å². The Hall–Kier alpha value is -0.730. The molecule has 0 atom stereocenters. The van der Waals surface area contributed by atoms with E-state index in [0.29, 0.717) is 19.5 Å². The maximum atomic E-state index is 5.40. The van der Waals surface area contributed by atoms with Crippen molar-refractivity contribution in [3.05, 3.63) is 0 Å². The van der Waals surface area contributed by atoms with Crippen LogP contribution >= 0.6 is 35.3 Å². The number of nitrogens with zero attached hydrogens (tertiary/aromatic N) is 4. The lowest BCUT2D eigenvalue weighted by atomic mass is 10.8. The fourth-order valence-electron chi connectivity index (χ4n) is 0.623. The highest BCUT2D eigenvalue weighted by Gasteiger charge is 2.09. The second kappa shape index (κ2) is 2.96. The molecular formula is C4H3N5S3. The minimum Gasteiger partial charge on any atom is -0.374 e. The molecule has 0 bridgehead atoms. The summed E-state index contributed by atoms with van der Waals surface area (Å²) in [7, 11) is 0. The van der Waals surface area contributed by atoms with E-state index < -0.39 is 0 Å². The molecule has 0 aliphatic rings. The Morgan fingerprint density at radius 1 is 1.00 bits per heavy atom. The van der Waals surface area contributed by atoms with Gasteiger partial charge in [0.25, 0.3) is 0 Å². The topological polar surface area (TPSA) is 77.6 Å². The largest absolute Gasteiger partial charge is 0.374 e. The van der Waals surface area contributed by atoms with E-state index in [1.807, 2.05) is 0 Å². The number of rotatable bonds is 1. The van der Waals surface area contributed by atoms with Crippen LogP contribution in [0.15, 0.2) is 4.34 Å². The minimum absolute atomic E-state index is 0.431. The van der Waals surface area contributed by atoms with E-state index in [0.717, 1.165) is 0 Å². The summed E-state index contributed by atoms with van der Waals surface area (Å²) in [5.74, 6) is 0. The molecule has 0 spiro atoms. The van der Waals surface area contributed by atoms with Gasteiger partial charge in [0.15, 0.2) is 14.4 Å². The molecule has 0 radical (unpaired) electrons. The van der Waals surface area contributed by atoms with Gasteiger partial charge in [0, 0.05) is 0 Å². The molecule has 0 aromatic carbocycles. The van der Waals surface area contributed by atoms with Crippen molar-refractivity contribution in [1.29, 1.82) is 0 Å². The number of nitrogens with two attached hydrogens (primary N) is 1. The Morgan fingerprint density at radius 2 is 1.67 bits per heavy atom. The number of hydrogen-bond acceptors (Lipinski definition) is 8. The number of nitrogen functional groups attached to an aromatic ring is 1. The minimum atomic E-state index is 0.431. The third-order valence-corrected chi connectivity index (χ3v) is 3.02. The summed E-state index contributed by atoms with van der Waals surface area (Å²) in [5, 5.41) is 16.9. The second-order valence-corrected chi connectivity index (χ2v) is 4.55. The van der Waals surface area contributed by atoms with Crippen LogP contribution in [0.25, 0.3) is 10.0 Å². The third kappa shape index (κ3) is 1.40. The third-order valence-electron chi connectivity index (χ3n) is 1.04. The molecule has 62 valence electrons. The van der Waals surface area contributed by atoms with Crippen molar-refractivity contribution in [1.82, 2.24) is 20.4 Å². The lowest BCUT2D eigenvalue weighted by molar-refractivity contribution is 1.01. The molecule has 2 heterocycles. The predicted molar refractivity (Wildman–Crippen MR) is 50.5 cm³/mol. The van der Waals surface area contributed by atoms with E-state index in [4.69, 9.17) is 5.73 Å². The summed E-state index contributed by atoms with van der Waals surface area (Å²) in [6.07, 6.45) is 0. The number of anilines is 1. The van der Waals surface area contributed by atoms with Crippen molar-refractivity contribution in [2.75, 3.05) is 5.73 Å². The highest BCUT2D eigenvalue weighted by molar-refractivity contribution is 7.82. The van der Waals surface area contributed by atoms with E-state index >= 15 is 0 Å². The van der Waals surface area contributed by atoms with Crippen LogP contribution in [0, 0.1) is 0 Å². The summed E-state index contributed by atoms with van der Waals surface area (Å²) in [4.78, 5) is 0. The second-order valence-electron chi connectivity index (χ2n) is 1.84. The molecule has 0 amide bonds. The van der Waals surface area contributed by atoms with E-state index in [9.17, 15) is 0 Å². The van der Waals surface area contributed by atoms with Gasteiger partial charge >= 0.3 is 0 Å². The van der Waals surface area contributed by atoms with Gasteiger partial charge in [0.2, 0.25) is 5.13 Å². The normalized spacial score (nSPS) is 10.4. The first-order valence-corrected chi connectivity index (χ1v) is 4.95. The van der Waals surface area contributed by atoms with Crippen molar-refractivity contribution in [2.24, 2.45) is 0 Å². The van der Waals surface area contributed by atoms with Gasteiger partial charge in [0.1, 0.15) is 0 Å². The number of thiol groups is 1.